The van der Waals surface area contributed by atoms with Crippen LogP contribution >= 0.6 is 11.6 Å². The molecule has 8 heteroatoms. The summed E-state index contributed by atoms with van der Waals surface area (Å²) in [7, 11) is 0. The maximum Gasteiger partial charge on any atom is 0.417 e. The number of carbonyl (C=O) groups is 1. The Balaban J connectivity index is 1.90. The lowest BCUT2D eigenvalue weighted by Gasteiger charge is -2.23. The summed E-state index contributed by atoms with van der Waals surface area (Å²) in [6.07, 6.45) is -3.02. The summed E-state index contributed by atoms with van der Waals surface area (Å²) in [4.78, 5) is 19.2. The molecule has 1 aromatic carbocycles. The van der Waals surface area contributed by atoms with Crippen molar-refractivity contribution in [1.82, 2.24) is 9.38 Å². The first-order valence-corrected chi connectivity index (χ1v) is 8.73. The van der Waals surface area contributed by atoms with Crippen LogP contribution in [0.5, 0.6) is 0 Å². The molecule has 0 bridgehead atoms. The van der Waals surface area contributed by atoms with Crippen LogP contribution in [0.1, 0.15) is 34.2 Å². The maximum absolute atomic E-state index is 13.3. The van der Waals surface area contributed by atoms with Crippen molar-refractivity contribution in [3.63, 3.8) is 0 Å². The van der Waals surface area contributed by atoms with E-state index in [1.165, 1.54) is 0 Å². The molecule has 1 atom stereocenters. The van der Waals surface area contributed by atoms with Gasteiger partial charge in [-0.25, -0.2) is 4.98 Å². The Labute approximate surface area is 158 Å². The minimum absolute atomic E-state index is 0.0848. The van der Waals surface area contributed by atoms with Crippen LogP contribution in [0.3, 0.4) is 0 Å². The van der Waals surface area contributed by atoms with Crippen LogP contribution in [-0.4, -0.2) is 21.3 Å². The summed E-state index contributed by atoms with van der Waals surface area (Å²) >= 11 is 6.02. The van der Waals surface area contributed by atoms with E-state index in [4.69, 9.17) is 11.6 Å². The van der Waals surface area contributed by atoms with Gasteiger partial charge in [0.05, 0.1) is 16.3 Å². The van der Waals surface area contributed by atoms with E-state index in [0.717, 1.165) is 27.9 Å². The van der Waals surface area contributed by atoms with Gasteiger partial charge < -0.3 is 4.90 Å². The normalized spacial score (nSPS) is 16.8. The van der Waals surface area contributed by atoms with Crippen LogP contribution in [0, 0.1) is 6.92 Å². The first-order valence-electron chi connectivity index (χ1n) is 8.35. The molecular formula is C19H15ClF3N3O. The molecule has 3 heterocycles. The third kappa shape index (κ3) is 2.77. The molecule has 0 spiro atoms. The summed E-state index contributed by atoms with van der Waals surface area (Å²) in [5, 5.41) is -0.151. The number of pyridine rings is 1. The second-order valence-corrected chi connectivity index (χ2v) is 7.08. The molecule has 0 fully saturated rings. The van der Waals surface area contributed by atoms with Gasteiger partial charge in [0.1, 0.15) is 5.69 Å². The highest BCUT2D eigenvalue weighted by atomic mass is 35.5. The van der Waals surface area contributed by atoms with Crippen LogP contribution in [-0.2, 0) is 12.6 Å². The molecule has 4 nitrogen and oxygen atoms in total. The highest BCUT2D eigenvalue weighted by molar-refractivity contribution is 6.33. The summed E-state index contributed by atoms with van der Waals surface area (Å²) in [5.74, 6) is -0.396. The lowest BCUT2D eigenvalue weighted by atomic mass is 10.1. The molecule has 27 heavy (non-hydrogen) atoms. The van der Waals surface area contributed by atoms with Crippen LogP contribution < -0.4 is 4.90 Å². The SMILES string of the molecule is Cc1nc2c(Cl)cc(C(F)(F)F)cn2c1C(=O)N1c2ccccc2CC1C. The lowest BCUT2D eigenvalue weighted by molar-refractivity contribution is -0.137. The van der Waals surface area contributed by atoms with Crippen molar-refractivity contribution in [2.45, 2.75) is 32.5 Å². The molecule has 0 radical (unpaired) electrons. The number of amides is 1. The Morgan fingerprint density at radius 1 is 1.30 bits per heavy atom. The Bertz CT molecular complexity index is 1070. The Morgan fingerprint density at radius 3 is 2.70 bits per heavy atom. The summed E-state index contributed by atoms with van der Waals surface area (Å²) in [5.41, 5.74) is 1.41. The number of para-hydroxylation sites is 1. The quantitative estimate of drug-likeness (QED) is 0.589. The van der Waals surface area contributed by atoms with Crippen molar-refractivity contribution in [1.29, 1.82) is 0 Å². The molecule has 0 N–H and O–H groups in total. The van der Waals surface area contributed by atoms with Crippen molar-refractivity contribution in [2.24, 2.45) is 0 Å². The molecule has 140 valence electrons. The van der Waals surface area contributed by atoms with E-state index in [1.807, 2.05) is 31.2 Å². The number of fused-ring (bicyclic) bond motifs is 2. The number of hydrogen-bond acceptors (Lipinski definition) is 2. The van der Waals surface area contributed by atoms with E-state index in [9.17, 15) is 18.0 Å². The summed E-state index contributed by atoms with van der Waals surface area (Å²) in [6.45, 7) is 3.50. The van der Waals surface area contributed by atoms with Crippen molar-refractivity contribution in [3.8, 4) is 0 Å². The van der Waals surface area contributed by atoms with Gasteiger partial charge >= 0.3 is 6.18 Å². The van der Waals surface area contributed by atoms with Crippen LogP contribution in [0.25, 0.3) is 5.65 Å². The monoisotopic (exact) mass is 393 g/mol. The van der Waals surface area contributed by atoms with Gasteiger partial charge in [0.15, 0.2) is 5.65 Å². The standard InChI is InChI=1S/C19H15ClF3N3O/c1-10-7-12-5-3-4-6-15(12)26(10)18(27)16-11(2)24-17-14(20)8-13(9-25(16)17)19(21,22)23/h3-6,8-10H,7H2,1-2H3. The van der Waals surface area contributed by atoms with E-state index >= 15 is 0 Å². The van der Waals surface area contributed by atoms with E-state index in [1.54, 1.807) is 11.8 Å². The predicted octanol–water partition coefficient (Wildman–Crippen LogP) is 4.91. The number of nitrogens with zero attached hydrogens (tertiary/aromatic N) is 3. The van der Waals surface area contributed by atoms with E-state index in [2.05, 4.69) is 4.98 Å². The number of aryl methyl sites for hydroxylation is 1. The first kappa shape index (κ1) is 17.9. The Hall–Kier alpha value is -2.54. The molecule has 1 aliphatic rings. The van der Waals surface area contributed by atoms with Crippen molar-refractivity contribution in [2.75, 3.05) is 4.90 Å². The van der Waals surface area contributed by atoms with E-state index in [-0.39, 0.29) is 22.4 Å². The molecule has 2 aromatic heterocycles. The van der Waals surface area contributed by atoms with Gasteiger partial charge in [-0.15, -0.1) is 0 Å². The zero-order valence-electron chi connectivity index (χ0n) is 14.5. The molecule has 1 unspecified atom stereocenters. The van der Waals surface area contributed by atoms with Crippen LogP contribution in [0.2, 0.25) is 5.02 Å². The summed E-state index contributed by atoms with van der Waals surface area (Å²) in [6, 6.07) is 8.22. The Morgan fingerprint density at radius 2 is 2.00 bits per heavy atom. The van der Waals surface area contributed by atoms with Gasteiger partial charge in [-0.2, -0.15) is 13.2 Å². The lowest BCUT2D eigenvalue weighted by Crippen LogP contribution is -2.36. The third-order valence-electron chi connectivity index (χ3n) is 4.81. The van der Waals surface area contributed by atoms with Crippen LogP contribution in [0.15, 0.2) is 36.5 Å². The second kappa shape index (κ2) is 5.99. The fourth-order valence-electron chi connectivity index (χ4n) is 3.62. The van der Waals surface area contributed by atoms with E-state index in [0.29, 0.717) is 12.1 Å². The van der Waals surface area contributed by atoms with Gasteiger partial charge in [-0.3, -0.25) is 9.20 Å². The fraction of sp³-hybridized carbons (Fsp3) is 0.263. The highest BCUT2D eigenvalue weighted by Crippen LogP contribution is 2.36. The number of halogens is 4. The number of carbonyl (C=O) groups excluding carboxylic acids is 1. The molecule has 1 amide bonds. The molecule has 0 aliphatic carbocycles. The highest BCUT2D eigenvalue weighted by Gasteiger charge is 2.36. The zero-order chi connectivity index (χ0) is 19.5. The second-order valence-electron chi connectivity index (χ2n) is 6.67. The van der Waals surface area contributed by atoms with Gasteiger partial charge in [-0.05, 0) is 38.0 Å². The Kier molecular flexibility index (Phi) is 3.96. The summed E-state index contributed by atoms with van der Waals surface area (Å²) < 4.78 is 40.8. The van der Waals surface area contributed by atoms with Gasteiger partial charge in [0.25, 0.3) is 5.91 Å². The fourth-order valence-corrected chi connectivity index (χ4v) is 3.87. The van der Waals surface area contributed by atoms with Gasteiger partial charge in [0.2, 0.25) is 0 Å². The van der Waals surface area contributed by atoms with Crippen molar-refractivity contribution < 1.29 is 18.0 Å². The molecule has 0 saturated heterocycles. The maximum atomic E-state index is 13.3. The topological polar surface area (TPSA) is 37.6 Å². The number of aromatic nitrogens is 2. The van der Waals surface area contributed by atoms with Crippen molar-refractivity contribution >= 4 is 28.8 Å². The smallest absolute Gasteiger partial charge is 0.304 e. The average Bonchev–Trinajstić information content (AvgIpc) is 3.09. The molecular weight excluding hydrogens is 379 g/mol. The number of anilines is 1. The number of benzene rings is 1. The number of hydrogen-bond donors (Lipinski definition) is 0. The zero-order valence-corrected chi connectivity index (χ0v) is 15.3. The number of rotatable bonds is 1. The first-order chi connectivity index (χ1) is 12.7. The van der Waals surface area contributed by atoms with Crippen molar-refractivity contribution in [3.05, 3.63) is 64.1 Å². The number of alkyl halides is 3. The van der Waals surface area contributed by atoms with E-state index < -0.39 is 17.6 Å². The minimum Gasteiger partial charge on any atom is -0.304 e. The van der Waals surface area contributed by atoms with Crippen LogP contribution in [0.4, 0.5) is 18.9 Å². The average molecular weight is 394 g/mol. The molecule has 3 aromatic rings. The molecule has 1 aliphatic heterocycles. The molecule has 0 saturated carbocycles. The van der Waals surface area contributed by atoms with Gasteiger partial charge in [-0.1, -0.05) is 29.8 Å². The largest absolute Gasteiger partial charge is 0.417 e. The molecule has 4 rings (SSSR count). The third-order valence-corrected chi connectivity index (χ3v) is 5.08. The van der Waals surface area contributed by atoms with Gasteiger partial charge in [0, 0.05) is 17.9 Å². The number of imidazole rings is 1. The minimum atomic E-state index is -4.58. The predicted molar refractivity (Wildman–Crippen MR) is 96.4 cm³/mol.